The van der Waals surface area contributed by atoms with Crippen LogP contribution in [0.2, 0.25) is 0 Å². The Balaban J connectivity index is 3.45. The summed E-state index contributed by atoms with van der Waals surface area (Å²) in [5, 5.41) is 18.2. The van der Waals surface area contributed by atoms with E-state index in [2.05, 4.69) is 19.1 Å². The second kappa shape index (κ2) is 15.0. The third kappa shape index (κ3) is 16.6. The van der Waals surface area contributed by atoms with Gasteiger partial charge in [-0.3, -0.25) is 4.79 Å². The summed E-state index contributed by atoms with van der Waals surface area (Å²) in [6.45, 7) is 2.10. The Kier molecular flexibility index (Phi) is 14.1. The molecule has 3 heteroatoms. The third-order valence-electron chi connectivity index (χ3n) is 3.10. The summed E-state index contributed by atoms with van der Waals surface area (Å²) in [5.74, 6) is -0.704. The summed E-state index contributed by atoms with van der Waals surface area (Å²) < 4.78 is 0. The number of allylic oxidation sites excluding steroid dienone is 4. The van der Waals surface area contributed by atoms with Crippen LogP contribution in [0.25, 0.3) is 0 Å². The van der Waals surface area contributed by atoms with Gasteiger partial charge in [-0.05, 0) is 32.1 Å². The lowest BCUT2D eigenvalue weighted by Crippen LogP contribution is -1.95. The Labute approximate surface area is 129 Å². The van der Waals surface area contributed by atoms with Gasteiger partial charge in [0.15, 0.2) is 0 Å². The third-order valence-corrected chi connectivity index (χ3v) is 3.10. The van der Waals surface area contributed by atoms with E-state index in [-0.39, 0.29) is 6.42 Å². The Bertz CT molecular complexity index is 329. The number of hydrogen-bond acceptors (Lipinski definition) is 2. The van der Waals surface area contributed by atoms with Crippen LogP contribution in [-0.2, 0) is 4.79 Å². The van der Waals surface area contributed by atoms with Crippen LogP contribution in [0.3, 0.4) is 0 Å². The van der Waals surface area contributed by atoms with Gasteiger partial charge in [0.05, 0.1) is 6.10 Å². The summed E-state index contributed by atoms with van der Waals surface area (Å²) in [6, 6.07) is 0. The maximum Gasteiger partial charge on any atom is 0.303 e. The van der Waals surface area contributed by atoms with Crippen molar-refractivity contribution in [3.8, 4) is 0 Å². The molecule has 0 amide bonds. The van der Waals surface area contributed by atoms with Gasteiger partial charge < -0.3 is 10.2 Å². The largest absolute Gasteiger partial charge is 0.481 e. The van der Waals surface area contributed by atoms with Gasteiger partial charge in [-0.25, -0.2) is 0 Å². The standard InChI is InChI=1S/C18H30O3/c1-2-3-4-8-11-14-17(19)15-12-9-6-5-7-10-13-16-18(20)21/h3-4,11-12,14-15,17,19H,2,5-10,13,16H2,1H3,(H,20,21)/b4-3-,14-11-,15-12-. The van der Waals surface area contributed by atoms with E-state index in [1.54, 1.807) is 0 Å². The smallest absolute Gasteiger partial charge is 0.303 e. The molecule has 0 spiro atoms. The van der Waals surface area contributed by atoms with Crippen molar-refractivity contribution in [3.63, 3.8) is 0 Å². The van der Waals surface area contributed by atoms with Crippen LogP contribution in [0.15, 0.2) is 36.5 Å². The maximum atomic E-state index is 10.3. The fourth-order valence-corrected chi connectivity index (χ4v) is 1.93. The van der Waals surface area contributed by atoms with E-state index >= 15 is 0 Å². The molecule has 0 bridgehead atoms. The predicted molar refractivity (Wildman–Crippen MR) is 88.3 cm³/mol. The van der Waals surface area contributed by atoms with E-state index in [4.69, 9.17) is 5.11 Å². The lowest BCUT2D eigenvalue weighted by atomic mass is 10.1. The van der Waals surface area contributed by atoms with Gasteiger partial charge >= 0.3 is 5.97 Å². The molecule has 120 valence electrons. The highest BCUT2D eigenvalue weighted by Crippen LogP contribution is 2.08. The Hall–Kier alpha value is -1.35. The molecule has 0 aromatic rings. The first-order valence-corrected chi connectivity index (χ1v) is 8.05. The van der Waals surface area contributed by atoms with Crippen LogP contribution < -0.4 is 0 Å². The zero-order chi connectivity index (χ0) is 15.8. The van der Waals surface area contributed by atoms with Crippen molar-refractivity contribution in [3.05, 3.63) is 36.5 Å². The van der Waals surface area contributed by atoms with Crippen molar-refractivity contribution in [2.75, 3.05) is 0 Å². The molecular weight excluding hydrogens is 264 g/mol. The van der Waals surface area contributed by atoms with E-state index in [0.717, 1.165) is 51.4 Å². The van der Waals surface area contributed by atoms with Crippen LogP contribution in [0, 0.1) is 0 Å². The monoisotopic (exact) mass is 294 g/mol. The van der Waals surface area contributed by atoms with Crippen LogP contribution in [0.1, 0.15) is 64.7 Å². The predicted octanol–water partition coefficient (Wildman–Crippen LogP) is 4.63. The summed E-state index contributed by atoms with van der Waals surface area (Å²) in [4.78, 5) is 10.3. The molecule has 1 atom stereocenters. The minimum atomic E-state index is -0.704. The van der Waals surface area contributed by atoms with Gasteiger partial charge in [0.2, 0.25) is 0 Å². The number of carbonyl (C=O) groups is 1. The van der Waals surface area contributed by atoms with Gasteiger partial charge in [-0.2, -0.15) is 0 Å². The summed E-state index contributed by atoms with van der Waals surface area (Å²) in [5.41, 5.74) is 0. The molecule has 21 heavy (non-hydrogen) atoms. The number of rotatable bonds is 13. The molecular formula is C18H30O3. The van der Waals surface area contributed by atoms with Gasteiger partial charge in [-0.1, -0.05) is 62.6 Å². The molecule has 0 heterocycles. The Morgan fingerprint density at radius 1 is 0.952 bits per heavy atom. The average molecular weight is 294 g/mol. The van der Waals surface area contributed by atoms with Crippen LogP contribution in [0.5, 0.6) is 0 Å². The van der Waals surface area contributed by atoms with Crippen molar-refractivity contribution in [2.24, 2.45) is 0 Å². The number of aliphatic hydroxyl groups excluding tert-OH is 1. The van der Waals surface area contributed by atoms with Gasteiger partial charge in [0, 0.05) is 6.42 Å². The molecule has 0 radical (unpaired) electrons. The quantitative estimate of drug-likeness (QED) is 0.384. The molecule has 3 nitrogen and oxygen atoms in total. The topological polar surface area (TPSA) is 57.5 Å². The zero-order valence-corrected chi connectivity index (χ0v) is 13.2. The molecule has 0 aliphatic heterocycles. The fraction of sp³-hybridized carbons (Fsp3) is 0.611. The van der Waals surface area contributed by atoms with Crippen LogP contribution >= 0.6 is 0 Å². The number of unbranched alkanes of at least 4 members (excludes halogenated alkanes) is 5. The number of carboxylic acids is 1. The molecule has 0 rings (SSSR count). The molecule has 0 aromatic heterocycles. The number of aliphatic carboxylic acids is 1. The molecule has 0 aliphatic carbocycles. The molecule has 0 saturated carbocycles. The molecule has 0 fully saturated rings. The lowest BCUT2D eigenvalue weighted by Gasteiger charge is -1.99. The first-order chi connectivity index (χ1) is 10.2. The van der Waals surface area contributed by atoms with Crippen molar-refractivity contribution < 1.29 is 15.0 Å². The van der Waals surface area contributed by atoms with Crippen molar-refractivity contribution in [1.29, 1.82) is 0 Å². The van der Waals surface area contributed by atoms with Gasteiger partial charge in [-0.15, -0.1) is 0 Å². The zero-order valence-electron chi connectivity index (χ0n) is 13.2. The maximum absolute atomic E-state index is 10.3. The van der Waals surface area contributed by atoms with E-state index in [1.807, 2.05) is 24.3 Å². The van der Waals surface area contributed by atoms with Crippen molar-refractivity contribution in [2.45, 2.75) is 70.8 Å². The molecule has 0 aromatic carbocycles. The van der Waals surface area contributed by atoms with E-state index in [1.165, 1.54) is 0 Å². The van der Waals surface area contributed by atoms with E-state index < -0.39 is 12.1 Å². The first-order valence-electron chi connectivity index (χ1n) is 8.05. The molecule has 0 saturated heterocycles. The normalized spacial score (nSPS) is 13.6. The minimum Gasteiger partial charge on any atom is -0.481 e. The SMILES string of the molecule is CC/C=C\C/C=C\C(O)/C=C\CCCCCCCC(=O)O. The summed E-state index contributed by atoms with van der Waals surface area (Å²) in [6.07, 6.45) is 19.6. The highest BCUT2D eigenvalue weighted by Gasteiger charge is 1.96. The van der Waals surface area contributed by atoms with E-state index in [9.17, 15) is 9.90 Å². The van der Waals surface area contributed by atoms with E-state index in [0.29, 0.717) is 0 Å². The second-order valence-corrected chi connectivity index (χ2v) is 5.16. The highest BCUT2D eigenvalue weighted by molar-refractivity contribution is 5.66. The molecule has 0 aliphatic rings. The lowest BCUT2D eigenvalue weighted by molar-refractivity contribution is -0.137. The summed E-state index contributed by atoms with van der Waals surface area (Å²) in [7, 11) is 0. The van der Waals surface area contributed by atoms with Crippen LogP contribution in [-0.4, -0.2) is 22.3 Å². The van der Waals surface area contributed by atoms with Crippen molar-refractivity contribution >= 4 is 5.97 Å². The average Bonchev–Trinajstić information content (AvgIpc) is 2.45. The number of hydrogen-bond donors (Lipinski definition) is 2. The summed E-state index contributed by atoms with van der Waals surface area (Å²) >= 11 is 0. The Morgan fingerprint density at radius 3 is 2.33 bits per heavy atom. The Morgan fingerprint density at radius 2 is 1.62 bits per heavy atom. The fourth-order valence-electron chi connectivity index (χ4n) is 1.93. The number of carboxylic acid groups (broad SMARTS) is 1. The van der Waals surface area contributed by atoms with Crippen LogP contribution in [0.4, 0.5) is 0 Å². The first kappa shape index (κ1) is 19.7. The highest BCUT2D eigenvalue weighted by atomic mass is 16.4. The van der Waals surface area contributed by atoms with Gasteiger partial charge in [0.25, 0.3) is 0 Å². The van der Waals surface area contributed by atoms with Crippen molar-refractivity contribution in [1.82, 2.24) is 0 Å². The molecule has 2 N–H and O–H groups in total. The molecule has 1 unspecified atom stereocenters. The second-order valence-electron chi connectivity index (χ2n) is 5.16. The van der Waals surface area contributed by atoms with Gasteiger partial charge in [0.1, 0.15) is 0 Å². The number of aliphatic hydroxyl groups is 1. The minimum absolute atomic E-state index is 0.284.